The molecule has 2 heterocycles. The van der Waals surface area contributed by atoms with Crippen molar-refractivity contribution in [2.24, 2.45) is 0 Å². The van der Waals surface area contributed by atoms with Crippen molar-refractivity contribution in [3.8, 4) is 57.3 Å². The Bertz CT molecular complexity index is 1750. The molecule has 4 rings (SSSR count). The zero-order valence-corrected chi connectivity index (χ0v) is 33.0. The maximum atomic E-state index is 12.5. The van der Waals surface area contributed by atoms with Crippen LogP contribution in [-0.2, 0) is 0 Å². The fourth-order valence-corrected chi connectivity index (χ4v) is 5.49. The number of methoxy groups -OCH3 is 4. The van der Waals surface area contributed by atoms with Gasteiger partial charge in [0, 0.05) is 35.3 Å². The molecular weight excluding hydrogens is 750 g/mol. The number of hydrogen-bond donors (Lipinski definition) is 2. The predicted molar refractivity (Wildman–Crippen MR) is 200 cm³/mol. The summed E-state index contributed by atoms with van der Waals surface area (Å²) in [4.78, 5) is 18.1. The van der Waals surface area contributed by atoms with E-state index in [9.17, 15) is 26.3 Å². The van der Waals surface area contributed by atoms with Crippen molar-refractivity contribution in [2.75, 3.05) is 39.1 Å². The summed E-state index contributed by atoms with van der Waals surface area (Å²) in [6, 6.07) is 8.07. The molecule has 18 heteroatoms. The van der Waals surface area contributed by atoms with Gasteiger partial charge in [-0.15, -0.1) is 26.3 Å². The van der Waals surface area contributed by atoms with Crippen molar-refractivity contribution in [1.82, 2.24) is 19.9 Å². The minimum Gasteiger partial charge on any atom is -0.496 e. The summed E-state index contributed by atoms with van der Waals surface area (Å²) in [5, 5.41) is 6.61. The third-order valence-corrected chi connectivity index (χ3v) is 8.44. The molecule has 0 aliphatic rings. The zero-order valence-electron chi connectivity index (χ0n) is 33.0. The number of benzene rings is 2. The Morgan fingerprint density at radius 1 is 0.536 bits per heavy atom. The second-order valence-electron chi connectivity index (χ2n) is 12.2. The number of alkyl halides is 6. The Morgan fingerprint density at radius 2 is 0.875 bits per heavy atom. The molecule has 0 atom stereocenters. The number of aromatic nitrogens is 4. The van der Waals surface area contributed by atoms with Gasteiger partial charge in [0.15, 0.2) is 11.6 Å². The van der Waals surface area contributed by atoms with Crippen LogP contribution in [0, 0.1) is 13.8 Å². The van der Waals surface area contributed by atoms with Crippen LogP contribution in [0.3, 0.4) is 0 Å². The molecule has 4 aromatic rings. The molecule has 308 valence electrons. The van der Waals surface area contributed by atoms with Gasteiger partial charge in [0.25, 0.3) is 11.8 Å². The quantitative estimate of drug-likeness (QED) is 0.105. The number of nitrogens with one attached hydrogen (secondary N) is 2. The van der Waals surface area contributed by atoms with E-state index >= 15 is 0 Å². The van der Waals surface area contributed by atoms with Gasteiger partial charge in [-0.3, -0.25) is 0 Å². The van der Waals surface area contributed by atoms with Crippen LogP contribution in [-0.4, -0.2) is 73.2 Å². The minimum absolute atomic E-state index is 0.182. The monoisotopic (exact) mass is 798 g/mol. The average molecular weight is 799 g/mol. The zero-order chi connectivity index (χ0) is 41.8. The highest BCUT2D eigenvalue weighted by atomic mass is 19.4. The summed E-state index contributed by atoms with van der Waals surface area (Å²) >= 11 is 0. The van der Waals surface area contributed by atoms with Crippen LogP contribution in [0.5, 0.6) is 34.8 Å². The molecule has 2 aromatic heterocycles. The Hall–Kier alpha value is -5.42. The molecule has 12 nitrogen and oxygen atoms in total. The van der Waals surface area contributed by atoms with Gasteiger partial charge in [-0.25, -0.2) is 19.9 Å². The first kappa shape index (κ1) is 45.0. The molecule has 0 saturated heterocycles. The molecule has 56 heavy (non-hydrogen) atoms. The summed E-state index contributed by atoms with van der Waals surface area (Å²) in [7, 11) is 5.69. The highest BCUT2D eigenvalue weighted by Gasteiger charge is 2.32. The standard InChI is InChI=1S/2C19H24F3N3O3/c2*1-6-12(7-2)24-17-18(27-5)25-16(11(3)23-17)14-9-8-13(10-15(14)26-4)28-19(20,21)22/h2*8-10,12H,6-7H2,1-5H3,(H,23,24). The highest BCUT2D eigenvalue weighted by Crippen LogP contribution is 2.39. The molecular formula is C38H48F6N6O6. The number of nitrogens with zero attached hydrogens (tertiary/aromatic N) is 4. The van der Waals surface area contributed by atoms with Gasteiger partial charge in [0.2, 0.25) is 0 Å². The second-order valence-corrected chi connectivity index (χ2v) is 12.2. The van der Waals surface area contributed by atoms with Crippen LogP contribution in [0.25, 0.3) is 22.5 Å². The smallest absolute Gasteiger partial charge is 0.496 e. The number of aryl methyl sites for hydroxylation is 2. The van der Waals surface area contributed by atoms with Crippen LogP contribution in [0.2, 0.25) is 0 Å². The van der Waals surface area contributed by atoms with E-state index in [2.05, 4.69) is 67.7 Å². The largest absolute Gasteiger partial charge is 0.573 e. The van der Waals surface area contributed by atoms with E-state index in [1.807, 2.05) is 0 Å². The van der Waals surface area contributed by atoms with Gasteiger partial charge < -0.3 is 39.1 Å². The molecule has 0 radical (unpaired) electrons. The number of hydrogen-bond acceptors (Lipinski definition) is 12. The van der Waals surface area contributed by atoms with Gasteiger partial charge in [0.1, 0.15) is 23.0 Å². The van der Waals surface area contributed by atoms with Gasteiger partial charge in [0.05, 0.1) is 51.2 Å². The van der Waals surface area contributed by atoms with E-state index in [4.69, 9.17) is 18.9 Å². The third-order valence-electron chi connectivity index (χ3n) is 8.44. The lowest BCUT2D eigenvalue weighted by Gasteiger charge is -2.19. The van der Waals surface area contributed by atoms with Crippen LogP contribution >= 0.6 is 0 Å². The first-order valence-corrected chi connectivity index (χ1v) is 17.7. The Labute approximate surface area is 322 Å². The van der Waals surface area contributed by atoms with E-state index < -0.39 is 12.7 Å². The highest BCUT2D eigenvalue weighted by molar-refractivity contribution is 5.73. The molecule has 0 unspecified atom stereocenters. The first-order chi connectivity index (χ1) is 26.4. The van der Waals surface area contributed by atoms with E-state index in [0.717, 1.165) is 37.8 Å². The summed E-state index contributed by atoms with van der Waals surface area (Å²) in [5.41, 5.74) is 3.02. The van der Waals surface area contributed by atoms with Crippen molar-refractivity contribution in [3.63, 3.8) is 0 Å². The molecule has 0 amide bonds. The fourth-order valence-electron chi connectivity index (χ4n) is 5.49. The van der Waals surface area contributed by atoms with Gasteiger partial charge in [-0.05, 0) is 63.8 Å². The lowest BCUT2D eigenvalue weighted by Crippen LogP contribution is -2.19. The van der Waals surface area contributed by atoms with Gasteiger partial charge in [-0.1, -0.05) is 27.7 Å². The SMILES string of the molecule is CCC(CC)Nc1nc(C)c(-c2ccc(OC(F)(F)F)cc2OC)nc1OC.CCC(CC)Nc1nc(C)c(-c2ccc(OC(F)(F)F)cc2OC)nc1OC. The van der Waals surface area contributed by atoms with E-state index in [0.29, 0.717) is 57.3 Å². The Kier molecular flexibility index (Phi) is 16.0. The molecule has 0 fully saturated rings. The molecule has 2 aromatic carbocycles. The molecule has 0 aliphatic heterocycles. The van der Waals surface area contributed by atoms with E-state index in [1.165, 1.54) is 52.7 Å². The maximum Gasteiger partial charge on any atom is 0.573 e. The van der Waals surface area contributed by atoms with Crippen LogP contribution in [0.1, 0.15) is 64.8 Å². The fraction of sp³-hybridized carbons (Fsp3) is 0.474. The number of rotatable bonds is 16. The number of halogens is 6. The molecule has 0 bridgehead atoms. The lowest BCUT2D eigenvalue weighted by molar-refractivity contribution is -0.275. The summed E-state index contributed by atoms with van der Waals surface area (Å²) in [6.07, 6.45) is -5.91. The molecule has 0 aliphatic carbocycles. The summed E-state index contributed by atoms with van der Waals surface area (Å²) in [5.74, 6) is 1.25. The summed E-state index contributed by atoms with van der Waals surface area (Å²) in [6.45, 7) is 11.8. The van der Waals surface area contributed by atoms with Crippen molar-refractivity contribution in [1.29, 1.82) is 0 Å². The van der Waals surface area contributed by atoms with Crippen molar-refractivity contribution in [2.45, 2.75) is 92.0 Å². The molecule has 2 N–H and O–H groups in total. The van der Waals surface area contributed by atoms with Crippen LogP contribution < -0.4 is 39.1 Å². The summed E-state index contributed by atoms with van der Waals surface area (Å²) < 4.78 is 104. The maximum absolute atomic E-state index is 12.5. The number of ether oxygens (including phenoxy) is 6. The van der Waals surface area contributed by atoms with Crippen LogP contribution in [0.4, 0.5) is 38.0 Å². The lowest BCUT2D eigenvalue weighted by atomic mass is 10.1. The second kappa shape index (κ2) is 20.0. The minimum atomic E-state index is -4.78. The number of anilines is 2. The normalized spacial score (nSPS) is 11.5. The van der Waals surface area contributed by atoms with Crippen LogP contribution in [0.15, 0.2) is 36.4 Å². The van der Waals surface area contributed by atoms with Gasteiger partial charge >= 0.3 is 12.7 Å². The molecule has 0 spiro atoms. The van der Waals surface area contributed by atoms with Crippen molar-refractivity contribution in [3.05, 3.63) is 47.8 Å². The van der Waals surface area contributed by atoms with E-state index in [-0.39, 0.29) is 35.1 Å². The topological polar surface area (TPSA) is 131 Å². The average Bonchev–Trinajstić information content (AvgIpc) is 3.15. The molecule has 0 saturated carbocycles. The van der Waals surface area contributed by atoms with Crippen molar-refractivity contribution < 1.29 is 54.8 Å². The van der Waals surface area contributed by atoms with E-state index in [1.54, 1.807) is 13.8 Å². The van der Waals surface area contributed by atoms with Gasteiger partial charge in [-0.2, -0.15) is 0 Å². The predicted octanol–water partition coefficient (Wildman–Crippen LogP) is 9.94. The third kappa shape index (κ3) is 12.3. The Balaban J connectivity index is 0.000000300. The van der Waals surface area contributed by atoms with Crippen molar-refractivity contribution >= 4 is 11.6 Å². The first-order valence-electron chi connectivity index (χ1n) is 17.7. The Morgan fingerprint density at radius 3 is 1.14 bits per heavy atom.